The lowest BCUT2D eigenvalue weighted by Crippen LogP contribution is -1.73. The molecule has 0 aromatic carbocycles. The van der Waals surface area contributed by atoms with Gasteiger partial charge in [-0.3, -0.25) is 0 Å². The summed E-state index contributed by atoms with van der Waals surface area (Å²) >= 11 is 10.9. The van der Waals surface area contributed by atoms with Crippen LogP contribution in [0.2, 0.25) is 10.2 Å². The summed E-state index contributed by atoms with van der Waals surface area (Å²) in [4.78, 5) is 13.5. The topological polar surface area (TPSA) is 42.3 Å². The van der Waals surface area contributed by atoms with Crippen molar-refractivity contribution in [3.63, 3.8) is 0 Å². The molecule has 0 amide bonds. The zero-order chi connectivity index (χ0) is 7.56. The molecule has 0 spiro atoms. The van der Waals surface area contributed by atoms with Gasteiger partial charge in [-0.15, -0.1) is 4.91 Å². The van der Waals surface area contributed by atoms with Crippen LogP contribution in [0, 0.1) is 4.91 Å². The first-order valence-corrected chi connectivity index (χ1v) is 3.14. The molecule has 0 saturated carbocycles. The number of nitrogens with zero attached hydrogens (tertiary/aromatic N) is 2. The van der Waals surface area contributed by atoms with Crippen molar-refractivity contribution in [2.24, 2.45) is 5.18 Å². The van der Waals surface area contributed by atoms with Gasteiger partial charge in [0.05, 0.1) is 5.02 Å². The molecule has 5 heteroatoms. The van der Waals surface area contributed by atoms with E-state index >= 15 is 0 Å². The lowest BCUT2D eigenvalue weighted by atomic mass is 10.4. The van der Waals surface area contributed by atoms with E-state index in [-0.39, 0.29) is 10.8 Å². The quantitative estimate of drug-likeness (QED) is 0.488. The second kappa shape index (κ2) is 2.94. The Kier molecular flexibility index (Phi) is 2.19. The van der Waals surface area contributed by atoms with Crippen molar-refractivity contribution in [2.75, 3.05) is 0 Å². The summed E-state index contributed by atoms with van der Waals surface area (Å²) in [5.41, 5.74) is 0.0640. The number of nitroso groups, excluding NO2 is 1. The van der Waals surface area contributed by atoms with Crippen LogP contribution in [0.4, 0.5) is 5.69 Å². The van der Waals surface area contributed by atoms with E-state index in [1.54, 1.807) is 0 Å². The molecule has 1 heterocycles. The minimum atomic E-state index is 0.0640. The summed E-state index contributed by atoms with van der Waals surface area (Å²) in [7, 11) is 0. The molecule has 0 atom stereocenters. The fourth-order valence-corrected chi connectivity index (χ4v) is 0.766. The monoisotopic (exact) mass is 176 g/mol. The Balaban J connectivity index is 3.21. The van der Waals surface area contributed by atoms with Crippen LogP contribution in [0.3, 0.4) is 0 Å². The van der Waals surface area contributed by atoms with Crippen molar-refractivity contribution in [1.82, 2.24) is 4.98 Å². The molecule has 0 radical (unpaired) electrons. The van der Waals surface area contributed by atoms with E-state index in [1.807, 2.05) is 0 Å². The molecular weight excluding hydrogens is 175 g/mol. The highest BCUT2D eigenvalue weighted by Crippen LogP contribution is 2.24. The summed E-state index contributed by atoms with van der Waals surface area (Å²) in [6, 6.07) is 1.35. The molecule has 0 N–H and O–H groups in total. The second-order valence-electron chi connectivity index (χ2n) is 1.55. The predicted octanol–water partition coefficient (Wildman–Crippen LogP) is 2.79. The summed E-state index contributed by atoms with van der Waals surface area (Å²) in [6.07, 6.45) is 1.35. The maximum atomic E-state index is 9.95. The smallest absolute Gasteiger partial charge is 0.158 e. The Labute approximate surface area is 67.0 Å². The molecular formula is C5H2Cl2N2O. The highest BCUT2D eigenvalue weighted by molar-refractivity contribution is 6.33. The van der Waals surface area contributed by atoms with Gasteiger partial charge in [0.1, 0.15) is 5.69 Å². The Morgan fingerprint density at radius 3 is 2.70 bits per heavy atom. The average molecular weight is 177 g/mol. The van der Waals surface area contributed by atoms with Gasteiger partial charge in [0.25, 0.3) is 0 Å². The molecule has 0 unspecified atom stereocenters. The molecule has 3 nitrogen and oxygen atoms in total. The second-order valence-corrected chi connectivity index (χ2v) is 2.35. The van der Waals surface area contributed by atoms with Crippen LogP contribution >= 0.6 is 23.2 Å². The van der Waals surface area contributed by atoms with Crippen LogP contribution < -0.4 is 0 Å². The Morgan fingerprint density at radius 2 is 2.20 bits per heavy atom. The Hall–Kier alpha value is -0.670. The van der Waals surface area contributed by atoms with Gasteiger partial charge in [-0.25, -0.2) is 4.98 Å². The van der Waals surface area contributed by atoms with Crippen molar-refractivity contribution < 1.29 is 0 Å². The van der Waals surface area contributed by atoms with E-state index < -0.39 is 0 Å². The average Bonchev–Trinajstić information content (AvgIpc) is 1.94. The zero-order valence-electron chi connectivity index (χ0n) is 4.71. The number of hydrogen-bond acceptors (Lipinski definition) is 3. The Bertz CT molecular complexity index is 264. The molecule has 0 bridgehead atoms. The van der Waals surface area contributed by atoms with Crippen molar-refractivity contribution in [3.8, 4) is 0 Å². The van der Waals surface area contributed by atoms with E-state index in [2.05, 4.69) is 10.2 Å². The fraction of sp³-hybridized carbons (Fsp3) is 0. The number of halogens is 2. The van der Waals surface area contributed by atoms with E-state index in [0.29, 0.717) is 5.02 Å². The third-order valence-corrected chi connectivity index (χ3v) is 1.38. The maximum absolute atomic E-state index is 9.95. The first kappa shape index (κ1) is 7.44. The summed E-state index contributed by atoms with van der Waals surface area (Å²) < 4.78 is 0. The normalized spacial score (nSPS) is 9.40. The van der Waals surface area contributed by atoms with Gasteiger partial charge >= 0.3 is 0 Å². The standard InChI is InChI=1S/C5H2Cl2N2O/c6-3-1-4(9-10)5(7)8-2-3/h1-2H. The minimum absolute atomic E-state index is 0.0640. The van der Waals surface area contributed by atoms with Gasteiger partial charge in [0.2, 0.25) is 0 Å². The van der Waals surface area contributed by atoms with Crippen molar-refractivity contribution >= 4 is 28.9 Å². The molecule has 1 rings (SSSR count). The zero-order valence-corrected chi connectivity index (χ0v) is 6.23. The largest absolute Gasteiger partial charge is 0.241 e. The van der Waals surface area contributed by atoms with Gasteiger partial charge in [-0.1, -0.05) is 23.2 Å². The Morgan fingerprint density at radius 1 is 1.50 bits per heavy atom. The first-order chi connectivity index (χ1) is 4.74. The van der Waals surface area contributed by atoms with Crippen LogP contribution in [-0.2, 0) is 0 Å². The number of aromatic nitrogens is 1. The molecule has 0 aliphatic rings. The molecule has 0 saturated heterocycles. The lowest BCUT2D eigenvalue weighted by molar-refractivity contribution is 1.30. The van der Waals surface area contributed by atoms with Crippen molar-refractivity contribution in [3.05, 3.63) is 27.3 Å². The lowest BCUT2D eigenvalue weighted by Gasteiger charge is -1.91. The molecule has 1 aromatic rings. The van der Waals surface area contributed by atoms with Crippen molar-refractivity contribution in [2.45, 2.75) is 0 Å². The number of hydrogen-bond donors (Lipinski definition) is 0. The van der Waals surface area contributed by atoms with Crippen LogP contribution in [0.1, 0.15) is 0 Å². The van der Waals surface area contributed by atoms with Gasteiger partial charge in [-0.05, 0) is 11.2 Å². The van der Waals surface area contributed by atoms with Crippen LogP contribution in [0.25, 0.3) is 0 Å². The minimum Gasteiger partial charge on any atom is -0.241 e. The molecule has 10 heavy (non-hydrogen) atoms. The van der Waals surface area contributed by atoms with Crippen LogP contribution in [0.15, 0.2) is 17.4 Å². The molecule has 52 valence electrons. The van der Waals surface area contributed by atoms with Crippen LogP contribution in [-0.4, -0.2) is 4.98 Å². The van der Waals surface area contributed by atoms with Gasteiger partial charge < -0.3 is 0 Å². The SMILES string of the molecule is O=Nc1cc(Cl)cnc1Cl. The van der Waals surface area contributed by atoms with E-state index in [9.17, 15) is 4.91 Å². The number of rotatable bonds is 1. The predicted molar refractivity (Wildman–Crippen MR) is 39.7 cm³/mol. The molecule has 0 aliphatic carbocycles. The molecule has 1 aromatic heterocycles. The van der Waals surface area contributed by atoms with E-state index in [1.165, 1.54) is 12.3 Å². The van der Waals surface area contributed by atoms with Gasteiger partial charge in [-0.2, -0.15) is 0 Å². The summed E-state index contributed by atoms with van der Waals surface area (Å²) in [6.45, 7) is 0. The van der Waals surface area contributed by atoms with Crippen LogP contribution in [0.5, 0.6) is 0 Å². The third kappa shape index (κ3) is 1.43. The maximum Gasteiger partial charge on any atom is 0.158 e. The number of pyridine rings is 1. The highest BCUT2D eigenvalue weighted by Gasteiger charge is 2.00. The summed E-state index contributed by atoms with van der Waals surface area (Å²) in [5, 5.41) is 3.02. The third-order valence-electron chi connectivity index (χ3n) is 0.886. The molecule has 0 fully saturated rings. The first-order valence-electron chi connectivity index (χ1n) is 2.38. The van der Waals surface area contributed by atoms with Gasteiger partial charge in [0, 0.05) is 6.20 Å². The van der Waals surface area contributed by atoms with E-state index in [0.717, 1.165) is 0 Å². The van der Waals surface area contributed by atoms with Crippen molar-refractivity contribution in [1.29, 1.82) is 0 Å². The highest BCUT2D eigenvalue weighted by atomic mass is 35.5. The van der Waals surface area contributed by atoms with E-state index in [4.69, 9.17) is 23.2 Å². The fourth-order valence-electron chi connectivity index (χ4n) is 0.476. The molecule has 0 aliphatic heterocycles. The summed E-state index contributed by atoms with van der Waals surface area (Å²) in [5.74, 6) is 0. The van der Waals surface area contributed by atoms with Gasteiger partial charge in [0.15, 0.2) is 5.15 Å².